The van der Waals surface area contributed by atoms with Gasteiger partial charge in [-0.1, -0.05) is 340 Å². The van der Waals surface area contributed by atoms with Gasteiger partial charge in [-0.15, -0.1) is 0 Å². The Morgan fingerprint density at radius 3 is 0.909 bits per heavy atom. The van der Waals surface area contributed by atoms with E-state index in [1.165, 1.54) is 82.7 Å². The second-order valence-corrected chi connectivity index (χ2v) is 31.8. The molecule has 4 nitrogen and oxygen atoms in total. The predicted molar refractivity (Wildman–Crippen MR) is 506 cm³/mol. The van der Waals surface area contributed by atoms with Crippen molar-refractivity contribution in [1.29, 1.82) is 0 Å². The number of hydrogen-bond donors (Lipinski definition) is 0. The van der Waals surface area contributed by atoms with Crippen LogP contribution in [0.5, 0.6) is 0 Å². The number of nitrogens with zero attached hydrogens (tertiary/aromatic N) is 2. The van der Waals surface area contributed by atoms with Gasteiger partial charge in [0, 0.05) is 55.7 Å². The van der Waals surface area contributed by atoms with Crippen LogP contribution in [0.1, 0.15) is 22.3 Å². The molecule has 0 N–H and O–H groups in total. The molecule has 0 atom stereocenters. The summed E-state index contributed by atoms with van der Waals surface area (Å²) in [7, 11) is 0. The Kier molecular flexibility index (Phi) is 17.1. The summed E-state index contributed by atoms with van der Waals surface area (Å²) in [6.45, 7) is 0. The second-order valence-electron chi connectivity index (χ2n) is 31.8. The van der Waals surface area contributed by atoms with Crippen molar-refractivity contribution in [1.82, 2.24) is 0 Å². The number of hydrogen-bond acceptors (Lipinski definition) is 4. The maximum atomic E-state index is 6.26. The first-order chi connectivity index (χ1) is 59.9. The van der Waals surface area contributed by atoms with Crippen LogP contribution in [0.4, 0.5) is 34.1 Å². The highest BCUT2D eigenvalue weighted by molar-refractivity contribution is 6.09. The summed E-state index contributed by atoms with van der Waals surface area (Å²) in [6, 6.07) is 169. The van der Waals surface area contributed by atoms with Gasteiger partial charge in [0.15, 0.2) is 0 Å². The van der Waals surface area contributed by atoms with E-state index in [0.717, 1.165) is 139 Å². The fourth-order valence-electron chi connectivity index (χ4n) is 19.1. The molecule has 20 aromatic carbocycles. The largest absolute Gasteiger partial charge is 0.456 e. The Hall–Kier alpha value is -15.9. The Morgan fingerprint density at radius 2 is 0.446 bits per heavy atom. The molecule has 566 valence electrons. The van der Waals surface area contributed by atoms with Gasteiger partial charge in [0.25, 0.3) is 0 Å². The van der Waals surface area contributed by atoms with Gasteiger partial charge in [0.05, 0.1) is 5.41 Å². The lowest BCUT2D eigenvalue weighted by Gasteiger charge is -2.34. The minimum Gasteiger partial charge on any atom is -0.456 e. The second kappa shape index (κ2) is 29.4. The van der Waals surface area contributed by atoms with E-state index in [1.807, 2.05) is 24.3 Å². The summed E-state index contributed by atoms with van der Waals surface area (Å²) in [4.78, 5) is 4.79. The molecule has 0 amide bonds. The Morgan fingerprint density at radius 1 is 0.157 bits per heavy atom. The number of rotatable bonds is 16. The lowest BCUT2D eigenvalue weighted by Crippen LogP contribution is -2.28. The van der Waals surface area contributed by atoms with Crippen LogP contribution in [0.15, 0.2) is 470 Å². The lowest BCUT2D eigenvalue weighted by molar-refractivity contribution is 0.668. The average molecular weight is 1540 g/mol. The number of benzene rings is 20. The van der Waals surface area contributed by atoms with E-state index in [2.05, 4.69) is 447 Å². The number of fused-ring (bicyclic) bond motifs is 11. The molecular weight excluding hydrogens is 1470 g/mol. The molecule has 1 aliphatic rings. The van der Waals surface area contributed by atoms with Crippen LogP contribution in [0.3, 0.4) is 0 Å². The van der Waals surface area contributed by atoms with Gasteiger partial charge in [-0.05, 0) is 265 Å². The van der Waals surface area contributed by atoms with E-state index >= 15 is 0 Å². The van der Waals surface area contributed by atoms with E-state index in [9.17, 15) is 0 Å². The molecule has 0 bridgehead atoms. The lowest BCUT2D eigenvalue weighted by atomic mass is 9.67. The first kappa shape index (κ1) is 70.5. The van der Waals surface area contributed by atoms with Crippen LogP contribution in [-0.4, -0.2) is 0 Å². The van der Waals surface area contributed by atoms with E-state index < -0.39 is 5.41 Å². The van der Waals surface area contributed by atoms with E-state index in [1.54, 1.807) is 0 Å². The van der Waals surface area contributed by atoms with Crippen molar-refractivity contribution in [3.8, 4) is 100 Å². The molecule has 2 heterocycles. The molecule has 0 unspecified atom stereocenters. The van der Waals surface area contributed by atoms with Gasteiger partial charge in [0.2, 0.25) is 0 Å². The molecule has 0 saturated heterocycles. The quantitative estimate of drug-likeness (QED) is 0.0965. The standard InChI is InChI=1S/C117H76N2O2/c1-4-21-77(22-5-1)78-41-43-79(44-42-78)80-45-57-93(58-46-80)118(94-59-47-81(48-60-94)85-55-69-115-109(73-85)107-36-14-16-39-113(107)120-115)98-32-19-26-89(72-98)101-67-68-102(104-35-13-12-34-103(101)104)90-54-66-106-105-65-53-87(75-111(105)117(112(106)76-90,91-27-6-2-7-28-91)92-29-8-3-9-30-92)83-51-63-96(64-52-83)119(97-31-18-25-88(71-97)100-38-20-24-84-23-10-11-33-99(84)100)95-61-49-82(50-62-95)86-56-70-116-110(74-86)108-37-15-17-40-114(108)121-116/h1-76H. The Bertz CT molecular complexity index is 7680. The minimum atomic E-state index is -0.685. The summed E-state index contributed by atoms with van der Waals surface area (Å²) >= 11 is 0. The zero-order valence-corrected chi connectivity index (χ0v) is 66.1. The number of para-hydroxylation sites is 2. The van der Waals surface area contributed by atoms with Crippen molar-refractivity contribution >= 4 is 99.5 Å². The van der Waals surface area contributed by atoms with Gasteiger partial charge >= 0.3 is 0 Å². The highest BCUT2D eigenvalue weighted by Gasteiger charge is 2.46. The summed E-state index contributed by atoms with van der Waals surface area (Å²) in [6.07, 6.45) is 0. The molecular formula is C117H76N2O2. The van der Waals surface area contributed by atoms with Crippen LogP contribution in [0.2, 0.25) is 0 Å². The Balaban J connectivity index is 0.601. The highest BCUT2D eigenvalue weighted by atomic mass is 16.3. The van der Waals surface area contributed by atoms with E-state index in [-0.39, 0.29) is 0 Å². The van der Waals surface area contributed by atoms with Gasteiger partial charge in [-0.25, -0.2) is 0 Å². The van der Waals surface area contributed by atoms with Crippen LogP contribution < -0.4 is 9.80 Å². The summed E-state index contributed by atoms with van der Waals surface area (Å²) in [5, 5.41) is 9.27. The summed E-state index contributed by atoms with van der Waals surface area (Å²) in [5.74, 6) is 0. The molecule has 4 heteroatoms. The molecule has 22 aromatic rings. The predicted octanol–water partition coefficient (Wildman–Crippen LogP) is 32.4. The third-order valence-corrected chi connectivity index (χ3v) is 25.0. The third kappa shape index (κ3) is 12.3. The molecule has 0 spiro atoms. The minimum absolute atomic E-state index is 0.685. The molecule has 0 fully saturated rings. The molecule has 1 aliphatic carbocycles. The zero-order chi connectivity index (χ0) is 79.9. The molecule has 121 heavy (non-hydrogen) atoms. The van der Waals surface area contributed by atoms with Gasteiger partial charge in [-0.3, -0.25) is 0 Å². The van der Waals surface area contributed by atoms with Gasteiger partial charge < -0.3 is 18.6 Å². The summed E-state index contributed by atoms with van der Waals surface area (Å²) < 4.78 is 12.5. The van der Waals surface area contributed by atoms with Crippen molar-refractivity contribution in [2.45, 2.75) is 5.41 Å². The smallest absolute Gasteiger partial charge is 0.135 e. The fourth-order valence-corrected chi connectivity index (χ4v) is 19.1. The molecule has 0 radical (unpaired) electrons. The molecule has 0 aliphatic heterocycles. The number of furan rings is 2. The Labute approximate surface area is 702 Å². The average Bonchev–Trinajstić information content (AvgIpc) is 1.54. The van der Waals surface area contributed by atoms with Crippen molar-refractivity contribution in [3.05, 3.63) is 483 Å². The van der Waals surface area contributed by atoms with E-state index in [0.29, 0.717) is 0 Å². The third-order valence-electron chi connectivity index (χ3n) is 25.0. The highest BCUT2D eigenvalue weighted by Crippen LogP contribution is 2.58. The van der Waals surface area contributed by atoms with Crippen molar-refractivity contribution < 1.29 is 8.83 Å². The monoisotopic (exact) mass is 1540 g/mol. The molecule has 23 rings (SSSR count). The van der Waals surface area contributed by atoms with Crippen LogP contribution in [0.25, 0.3) is 166 Å². The van der Waals surface area contributed by atoms with Gasteiger partial charge in [0.1, 0.15) is 22.3 Å². The first-order valence-electron chi connectivity index (χ1n) is 41.6. The number of anilines is 6. The molecule has 2 aromatic heterocycles. The van der Waals surface area contributed by atoms with Crippen LogP contribution in [0, 0.1) is 0 Å². The van der Waals surface area contributed by atoms with Crippen molar-refractivity contribution in [2.75, 3.05) is 9.80 Å². The summed E-state index contributed by atoms with van der Waals surface area (Å²) in [5.41, 5.74) is 35.1. The van der Waals surface area contributed by atoms with Crippen LogP contribution >= 0.6 is 0 Å². The maximum absolute atomic E-state index is 6.26. The normalized spacial score (nSPS) is 12.2. The van der Waals surface area contributed by atoms with Crippen molar-refractivity contribution in [2.24, 2.45) is 0 Å². The fraction of sp³-hybridized carbons (Fsp3) is 0.00855. The first-order valence-corrected chi connectivity index (χ1v) is 41.6. The topological polar surface area (TPSA) is 32.8 Å². The SMILES string of the molecule is c1ccc(-c2ccc(-c3ccc(N(c4ccc(-c5ccc6oc7ccccc7c6c5)cc4)c4cccc(-c5ccc(-c6ccc7c(c6)C(c6ccccc6)(c6ccccc6)c6cc(-c8ccc(N(c9ccc(-c%10ccc%11oc%12ccccc%12c%11c%10)cc9)c9cccc(-c%10cccc%11ccccc%10%11)c9)cc8)ccc6-7)c6ccccc56)c4)cc3)cc2)cc1. The van der Waals surface area contributed by atoms with Crippen LogP contribution in [-0.2, 0) is 5.41 Å². The van der Waals surface area contributed by atoms with E-state index in [4.69, 9.17) is 8.83 Å². The zero-order valence-electron chi connectivity index (χ0n) is 66.1. The maximum Gasteiger partial charge on any atom is 0.135 e. The van der Waals surface area contributed by atoms with Gasteiger partial charge in [-0.2, -0.15) is 0 Å². The molecule has 0 saturated carbocycles. The van der Waals surface area contributed by atoms with Crippen molar-refractivity contribution in [3.63, 3.8) is 0 Å².